The van der Waals surface area contributed by atoms with Gasteiger partial charge in [0.25, 0.3) is 0 Å². The van der Waals surface area contributed by atoms with Gasteiger partial charge in [-0.3, -0.25) is 0 Å². The number of anilines is 2. The molecule has 0 radical (unpaired) electrons. The summed E-state index contributed by atoms with van der Waals surface area (Å²) in [5, 5.41) is 3.08. The van der Waals surface area contributed by atoms with Crippen molar-refractivity contribution in [3.63, 3.8) is 0 Å². The highest BCUT2D eigenvalue weighted by Gasteiger charge is 2.31. The van der Waals surface area contributed by atoms with E-state index in [1.165, 1.54) is 11.1 Å². The van der Waals surface area contributed by atoms with E-state index in [0.29, 0.717) is 6.61 Å². The first-order valence-electron chi connectivity index (χ1n) is 9.24. The van der Waals surface area contributed by atoms with Crippen LogP contribution in [0.15, 0.2) is 42.5 Å². The molecule has 5 nitrogen and oxygen atoms in total. The van der Waals surface area contributed by atoms with Gasteiger partial charge < -0.3 is 19.9 Å². The number of nitrogens with one attached hydrogen (secondary N) is 1. The van der Waals surface area contributed by atoms with Crippen molar-refractivity contribution in [2.45, 2.75) is 25.8 Å². The maximum Gasteiger partial charge on any atom is 0.322 e. The molecule has 0 aromatic heterocycles. The molecule has 26 heavy (non-hydrogen) atoms. The second kappa shape index (κ2) is 6.90. The number of hydrogen-bond acceptors (Lipinski definition) is 3. The lowest BCUT2D eigenvalue weighted by atomic mass is 9.99. The van der Waals surface area contributed by atoms with Crippen LogP contribution in [0.1, 0.15) is 30.0 Å². The van der Waals surface area contributed by atoms with Crippen molar-refractivity contribution >= 4 is 17.4 Å². The average molecular weight is 351 g/mol. The van der Waals surface area contributed by atoms with E-state index in [2.05, 4.69) is 35.3 Å². The van der Waals surface area contributed by atoms with E-state index in [9.17, 15) is 4.79 Å². The van der Waals surface area contributed by atoms with Crippen molar-refractivity contribution < 1.29 is 9.53 Å². The molecule has 0 bridgehead atoms. The van der Waals surface area contributed by atoms with Crippen LogP contribution in [0, 0.1) is 6.92 Å². The van der Waals surface area contributed by atoms with Gasteiger partial charge in [-0.2, -0.15) is 0 Å². The van der Waals surface area contributed by atoms with Crippen LogP contribution in [0.4, 0.5) is 16.2 Å². The summed E-state index contributed by atoms with van der Waals surface area (Å²) >= 11 is 0. The third kappa shape index (κ3) is 3.09. The number of amides is 2. The molecule has 2 amide bonds. The smallest absolute Gasteiger partial charge is 0.322 e. The summed E-state index contributed by atoms with van der Waals surface area (Å²) in [6, 6.07) is 14.3. The zero-order valence-corrected chi connectivity index (χ0v) is 15.4. The molecule has 2 aromatic rings. The summed E-state index contributed by atoms with van der Waals surface area (Å²) < 4.78 is 5.68. The second-order valence-corrected chi connectivity index (χ2v) is 7.09. The van der Waals surface area contributed by atoms with Crippen LogP contribution in [0.2, 0.25) is 0 Å². The van der Waals surface area contributed by atoms with Gasteiger partial charge >= 0.3 is 6.03 Å². The molecule has 2 aromatic carbocycles. The Balaban J connectivity index is 1.53. The van der Waals surface area contributed by atoms with Crippen LogP contribution in [-0.2, 0) is 0 Å². The molecule has 1 saturated heterocycles. The SMILES string of the molecule is Cc1ccccc1C1CCCN1C(=O)Nc1ccc2c(c1)N(C)CCO2. The first-order valence-corrected chi connectivity index (χ1v) is 9.24. The Hall–Kier alpha value is -2.69. The fraction of sp³-hybridized carbons (Fsp3) is 0.381. The highest BCUT2D eigenvalue weighted by molar-refractivity contribution is 5.91. The highest BCUT2D eigenvalue weighted by atomic mass is 16.5. The summed E-state index contributed by atoms with van der Waals surface area (Å²) in [6.07, 6.45) is 2.05. The number of benzene rings is 2. The summed E-state index contributed by atoms with van der Waals surface area (Å²) in [5.74, 6) is 0.871. The molecule has 1 N–H and O–H groups in total. The number of aryl methyl sites for hydroxylation is 1. The molecule has 136 valence electrons. The zero-order valence-electron chi connectivity index (χ0n) is 15.4. The zero-order chi connectivity index (χ0) is 18.1. The highest BCUT2D eigenvalue weighted by Crippen LogP contribution is 2.36. The molecular formula is C21H25N3O2. The molecule has 4 rings (SSSR count). The number of urea groups is 1. The number of likely N-dealkylation sites (tertiary alicyclic amines) is 1. The van der Waals surface area contributed by atoms with Crippen molar-refractivity contribution in [1.82, 2.24) is 4.90 Å². The van der Waals surface area contributed by atoms with Crippen molar-refractivity contribution in [3.05, 3.63) is 53.6 Å². The second-order valence-electron chi connectivity index (χ2n) is 7.09. The van der Waals surface area contributed by atoms with E-state index in [1.54, 1.807) is 0 Å². The number of ether oxygens (including phenoxy) is 1. The van der Waals surface area contributed by atoms with E-state index < -0.39 is 0 Å². The number of rotatable bonds is 2. The van der Waals surface area contributed by atoms with E-state index in [4.69, 9.17) is 4.74 Å². The fourth-order valence-corrected chi connectivity index (χ4v) is 3.92. The van der Waals surface area contributed by atoms with Crippen LogP contribution >= 0.6 is 0 Å². The monoisotopic (exact) mass is 351 g/mol. The molecule has 0 spiro atoms. The van der Waals surface area contributed by atoms with Crippen molar-refractivity contribution in [2.24, 2.45) is 0 Å². The third-order valence-electron chi connectivity index (χ3n) is 5.37. The Morgan fingerprint density at radius 1 is 1.19 bits per heavy atom. The van der Waals surface area contributed by atoms with Gasteiger partial charge in [0.2, 0.25) is 0 Å². The molecule has 0 saturated carbocycles. The van der Waals surface area contributed by atoms with Crippen molar-refractivity contribution in [2.75, 3.05) is 37.0 Å². The van der Waals surface area contributed by atoms with Gasteiger partial charge in [0.1, 0.15) is 12.4 Å². The van der Waals surface area contributed by atoms with Crippen LogP contribution in [0.25, 0.3) is 0 Å². The first kappa shape index (κ1) is 16.8. The van der Waals surface area contributed by atoms with Crippen molar-refractivity contribution in [1.29, 1.82) is 0 Å². The molecule has 1 atom stereocenters. The number of carbonyl (C=O) groups excluding carboxylic acids is 1. The van der Waals surface area contributed by atoms with Gasteiger partial charge in [0, 0.05) is 19.3 Å². The van der Waals surface area contributed by atoms with Gasteiger partial charge in [-0.05, 0) is 49.1 Å². The van der Waals surface area contributed by atoms with Crippen LogP contribution in [0.5, 0.6) is 5.75 Å². The van der Waals surface area contributed by atoms with Crippen LogP contribution in [0.3, 0.4) is 0 Å². The third-order valence-corrected chi connectivity index (χ3v) is 5.37. The van der Waals surface area contributed by atoms with E-state index in [0.717, 1.165) is 43.1 Å². The fourth-order valence-electron chi connectivity index (χ4n) is 3.92. The lowest BCUT2D eigenvalue weighted by Crippen LogP contribution is -2.35. The maximum absolute atomic E-state index is 12.9. The lowest BCUT2D eigenvalue weighted by molar-refractivity contribution is 0.207. The van der Waals surface area contributed by atoms with E-state index >= 15 is 0 Å². The predicted octanol–water partition coefficient (Wildman–Crippen LogP) is 4.19. The summed E-state index contributed by atoms with van der Waals surface area (Å²) in [6.45, 7) is 4.45. The van der Waals surface area contributed by atoms with Gasteiger partial charge in [0.15, 0.2) is 0 Å². The minimum absolute atomic E-state index is 0.0323. The Morgan fingerprint density at radius 2 is 2.04 bits per heavy atom. The molecule has 0 aliphatic carbocycles. The summed E-state index contributed by atoms with van der Waals surface area (Å²) in [7, 11) is 2.04. The van der Waals surface area contributed by atoms with Crippen molar-refractivity contribution in [3.8, 4) is 5.75 Å². The largest absolute Gasteiger partial charge is 0.490 e. The van der Waals surface area contributed by atoms with E-state index in [-0.39, 0.29) is 12.1 Å². The number of likely N-dealkylation sites (N-methyl/N-ethyl adjacent to an activating group) is 1. The number of nitrogens with zero attached hydrogens (tertiary/aromatic N) is 2. The van der Waals surface area contributed by atoms with E-state index in [1.807, 2.05) is 36.2 Å². The molecule has 1 unspecified atom stereocenters. The van der Waals surface area contributed by atoms with Gasteiger partial charge in [0.05, 0.1) is 18.3 Å². The maximum atomic E-state index is 12.9. The van der Waals surface area contributed by atoms with Crippen LogP contribution < -0.4 is 15.0 Å². The molecule has 2 aliphatic rings. The Morgan fingerprint density at radius 3 is 2.88 bits per heavy atom. The standard InChI is InChI=1S/C21H25N3O2/c1-15-6-3-4-7-17(15)18-8-5-11-24(18)21(25)22-16-9-10-20-19(14-16)23(2)12-13-26-20/h3-4,6-7,9-10,14,18H,5,8,11-13H2,1-2H3,(H,22,25). The number of hydrogen-bond donors (Lipinski definition) is 1. The molecule has 2 heterocycles. The quantitative estimate of drug-likeness (QED) is 0.882. The minimum Gasteiger partial charge on any atom is -0.490 e. The van der Waals surface area contributed by atoms with Gasteiger partial charge in [-0.15, -0.1) is 0 Å². The Labute approximate surface area is 154 Å². The average Bonchev–Trinajstić information content (AvgIpc) is 3.12. The molecule has 1 fully saturated rings. The Bertz CT molecular complexity index is 821. The predicted molar refractivity (Wildman–Crippen MR) is 104 cm³/mol. The van der Waals surface area contributed by atoms with Crippen LogP contribution in [-0.4, -0.2) is 37.7 Å². The summed E-state index contributed by atoms with van der Waals surface area (Å²) in [4.78, 5) is 17.0. The Kier molecular flexibility index (Phi) is 4.45. The molecular weight excluding hydrogens is 326 g/mol. The lowest BCUT2D eigenvalue weighted by Gasteiger charge is -2.29. The van der Waals surface area contributed by atoms with Gasteiger partial charge in [-0.25, -0.2) is 4.79 Å². The topological polar surface area (TPSA) is 44.8 Å². The number of carbonyl (C=O) groups is 1. The normalized spacial score (nSPS) is 19.1. The molecule has 5 heteroatoms. The summed E-state index contributed by atoms with van der Waals surface area (Å²) in [5.41, 5.74) is 4.32. The molecule has 2 aliphatic heterocycles. The number of fused-ring (bicyclic) bond motifs is 1. The first-order chi connectivity index (χ1) is 12.6. The minimum atomic E-state index is -0.0323. The van der Waals surface area contributed by atoms with Gasteiger partial charge in [-0.1, -0.05) is 24.3 Å².